The second-order valence-electron chi connectivity index (χ2n) is 4.42. The molecule has 0 radical (unpaired) electrons. The van der Waals surface area contributed by atoms with Crippen molar-refractivity contribution in [1.82, 2.24) is 9.29 Å². The van der Waals surface area contributed by atoms with Gasteiger partial charge in [0.15, 0.2) is 0 Å². The van der Waals surface area contributed by atoms with E-state index in [1.165, 1.54) is 10.5 Å². The predicted octanol–water partition coefficient (Wildman–Crippen LogP) is 2.03. The summed E-state index contributed by atoms with van der Waals surface area (Å²) in [7, 11) is -3.47. The molecule has 0 unspecified atom stereocenters. The Hall–Kier alpha value is -0.500. The highest BCUT2D eigenvalue weighted by molar-refractivity contribution is 9.10. The Morgan fingerprint density at radius 1 is 1.53 bits per heavy atom. The molecule has 0 aromatic carbocycles. The first-order chi connectivity index (χ1) is 9.04. The van der Waals surface area contributed by atoms with Crippen LogP contribution in [0.3, 0.4) is 0 Å². The van der Waals surface area contributed by atoms with Crippen molar-refractivity contribution < 1.29 is 13.2 Å². The number of sulfonamides is 1. The summed E-state index contributed by atoms with van der Waals surface area (Å²) in [5.74, 6) is 0. The number of hydrogen-bond donors (Lipinski definition) is 0. The Balaban J connectivity index is 2.19. The van der Waals surface area contributed by atoms with Gasteiger partial charge in [-0.3, -0.25) is 4.98 Å². The number of hydrogen-bond acceptors (Lipinski definition) is 4. The van der Waals surface area contributed by atoms with Gasteiger partial charge in [-0.1, -0.05) is 0 Å². The van der Waals surface area contributed by atoms with E-state index in [0.29, 0.717) is 24.2 Å². The molecule has 1 fully saturated rings. The van der Waals surface area contributed by atoms with E-state index in [9.17, 15) is 8.42 Å². The van der Waals surface area contributed by atoms with E-state index in [-0.39, 0.29) is 11.0 Å². The summed E-state index contributed by atoms with van der Waals surface area (Å²) in [6, 6.07) is 1.58. The van der Waals surface area contributed by atoms with Gasteiger partial charge in [-0.05, 0) is 41.8 Å². The number of halogens is 1. The van der Waals surface area contributed by atoms with E-state index < -0.39 is 10.0 Å². The quantitative estimate of drug-likeness (QED) is 0.835. The van der Waals surface area contributed by atoms with E-state index in [1.807, 2.05) is 6.92 Å². The molecule has 1 aliphatic heterocycles. The van der Waals surface area contributed by atoms with Gasteiger partial charge in [0.2, 0.25) is 10.0 Å². The number of pyridine rings is 1. The Labute approximate surface area is 122 Å². The van der Waals surface area contributed by atoms with Crippen LogP contribution in [0.4, 0.5) is 0 Å². The summed E-state index contributed by atoms with van der Waals surface area (Å²) >= 11 is 3.25. The maximum atomic E-state index is 12.5. The molecule has 0 saturated carbocycles. The van der Waals surface area contributed by atoms with Crippen molar-refractivity contribution in [3.8, 4) is 0 Å². The zero-order chi connectivity index (χ0) is 13.9. The molecule has 1 atom stereocenters. The molecule has 0 amide bonds. The minimum absolute atomic E-state index is 0.00589. The summed E-state index contributed by atoms with van der Waals surface area (Å²) in [6.45, 7) is 3.49. The third-order valence-electron chi connectivity index (χ3n) is 3.06. The standard InChI is InChI=1S/C12H17BrN2O3S/c1-2-18-11-4-3-5-15(9-11)19(16,17)12-6-10(13)7-14-8-12/h6-8,11H,2-5,9H2,1H3/t11-/m1/s1. The lowest BCUT2D eigenvalue weighted by Crippen LogP contribution is -2.43. The molecule has 1 aromatic rings. The van der Waals surface area contributed by atoms with Crippen LogP contribution in [0.15, 0.2) is 27.8 Å². The van der Waals surface area contributed by atoms with Crippen LogP contribution in [0.1, 0.15) is 19.8 Å². The van der Waals surface area contributed by atoms with Crippen LogP contribution in [-0.4, -0.2) is 43.5 Å². The molecule has 5 nitrogen and oxygen atoms in total. The molecule has 19 heavy (non-hydrogen) atoms. The number of aromatic nitrogens is 1. The van der Waals surface area contributed by atoms with Gasteiger partial charge in [0.1, 0.15) is 4.90 Å². The molecule has 1 aliphatic rings. The molecule has 0 N–H and O–H groups in total. The second kappa shape index (κ2) is 6.30. The summed E-state index contributed by atoms with van der Waals surface area (Å²) in [5.41, 5.74) is 0. The van der Waals surface area contributed by atoms with Crippen LogP contribution < -0.4 is 0 Å². The van der Waals surface area contributed by atoms with Gasteiger partial charge >= 0.3 is 0 Å². The minimum atomic E-state index is -3.47. The Morgan fingerprint density at radius 2 is 2.32 bits per heavy atom. The zero-order valence-corrected chi connectivity index (χ0v) is 13.2. The fourth-order valence-electron chi connectivity index (χ4n) is 2.18. The SMILES string of the molecule is CCO[C@@H]1CCCN(S(=O)(=O)c2cncc(Br)c2)C1. The van der Waals surface area contributed by atoms with Gasteiger partial charge in [-0.25, -0.2) is 8.42 Å². The molecular formula is C12H17BrN2O3S. The first-order valence-corrected chi connectivity index (χ1v) is 8.49. The highest BCUT2D eigenvalue weighted by atomic mass is 79.9. The first-order valence-electron chi connectivity index (χ1n) is 6.26. The van der Waals surface area contributed by atoms with Gasteiger partial charge < -0.3 is 4.74 Å². The largest absolute Gasteiger partial charge is 0.377 e. The Kier molecular flexibility index (Phi) is 4.94. The topological polar surface area (TPSA) is 59.5 Å². The molecule has 2 rings (SSSR count). The fourth-order valence-corrected chi connectivity index (χ4v) is 4.19. The number of piperidine rings is 1. The molecule has 2 heterocycles. The number of rotatable bonds is 4. The van der Waals surface area contributed by atoms with Crippen molar-refractivity contribution in [3.05, 3.63) is 22.9 Å². The van der Waals surface area contributed by atoms with Crippen molar-refractivity contribution in [2.75, 3.05) is 19.7 Å². The molecular weight excluding hydrogens is 332 g/mol. The maximum Gasteiger partial charge on any atom is 0.244 e. The normalized spacial score (nSPS) is 21.5. The fraction of sp³-hybridized carbons (Fsp3) is 0.583. The summed E-state index contributed by atoms with van der Waals surface area (Å²) in [6.07, 6.45) is 4.68. The average molecular weight is 349 g/mol. The molecule has 106 valence electrons. The minimum Gasteiger partial charge on any atom is -0.377 e. The Morgan fingerprint density at radius 3 is 3.00 bits per heavy atom. The zero-order valence-electron chi connectivity index (χ0n) is 10.8. The van der Waals surface area contributed by atoms with Gasteiger partial charge in [0, 0.05) is 36.6 Å². The molecule has 0 bridgehead atoms. The molecule has 1 aromatic heterocycles. The van der Waals surface area contributed by atoms with Crippen LogP contribution in [0.2, 0.25) is 0 Å². The van der Waals surface area contributed by atoms with E-state index in [2.05, 4.69) is 20.9 Å². The lowest BCUT2D eigenvalue weighted by atomic mass is 10.1. The number of ether oxygens (including phenoxy) is 1. The second-order valence-corrected chi connectivity index (χ2v) is 7.28. The van der Waals surface area contributed by atoms with E-state index in [4.69, 9.17) is 4.74 Å². The highest BCUT2D eigenvalue weighted by Crippen LogP contribution is 2.23. The average Bonchev–Trinajstić information content (AvgIpc) is 2.39. The van der Waals surface area contributed by atoms with Crippen molar-refractivity contribution in [2.45, 2.75) is 30.8 Å². The third-order valence-corrected chi connectivity index (χ3v) is 5.32. The Bertz CT molecular complexity index is 534. The smallest absolute Gasteiger partial charge is 0.244 e. The van der Waals surface area contributed by atoms with E-state index in [0.717, 1.165) is 12.8 Å². The summed E-state index contributed by atoms with van der Waals surface area (Å²) in [5, 5.41) is 0. The maximum absolute atomic E-state index is 12.5. The van der Waals surface area contributed by atoms with Gasteiger partial charge in [0.25, 0.3) is 0 Å². The molecule has 0 spiro atoms. The van der Waals surface area contributed by atoms with Crippen LogP contribution in [0.25, 0.3) is 0 Å². The monoisotopic (exact) mass is 348 g/mol. The van der Waals surface area contributed by atoms with E-state index in [1.54, 1.807) is 12.3 Å². The lowest BCUT2D eigenvalue weighted by Gasteiger charge is -2.31. The molecule has 0 aliphatic carbocycles. The first kappa shape index (κ1) is 14.9. The van der Waals surface area contributed by atoms with Crippen LogP contribution in [-0.2, 0) is 14.8 Å². The summed E-state index contributed by atoms with van der Waals surface area (Å²) < 4.78 is 32.7. The van der Waals surface area contributed by atoms with Crippen LogP contribution in [0, 0.1) is 0 Å². The van der Waals surface area contributed by atoms with Gasteiger partial charge in [0.05, 0.1) is 6.10 Å². The molecule has 7 heteroatoms. The van der Waals surface area contributed by atoms with Crippen LogP contribution in [0.5, 0.6) is 0 Å². The predicted molar refractivity (Wildman–Crippen MR) is 75.3 cm³/mol. The molecule has 1 saturated heterocycles. The number of nitrogens with zero attached hydrogens (tertiary/aromatic N) is 2. The highest BCUT2D eigenvalue weighted by Gasteiger charge is 2.30. The summed E-state index contributed by atoms with van der Waals surface area (Å²) in [4.78, 5) is 4.14. The van der Waals surface area contributed by atoms with Gasteiger partial charge in [-0.2, -0.15) is 4.31 Å². The van der Waals surface area contributed by atoms with Gasteiger partial charge in [-0.15, -0.1) is 0 Å². The third kappa shape index (κ3) is 3.53. The van der Waals surface area contributed by atoms with Crippen LogP contribution >= 0.6 is 15.9 Å². The van der Waals surface area contributed by atoms with Crippen molar-refractivity contribution >= 4 is 26.0 Å². The van der Waals surface area contributed by atoms with Crippen molar-refractivity contribution in [1.29, 1.82) is 0 Å². The van der Waals surface area contributed by atoms with Crippen molar-refractivity contribution in [2.24, 2.45) is 0 Å². The van der Waals surface area contributed by atoms with E-state index >= 15 is 0 Å². The van der Waals surface area contributed by atoms with Crippen molar-refractivity contribution in [3.63, 3.8) is 0 Å². The lowest BCUT2D eigenvalue weighted by molar-refractivity contribution is 0.0265.